The van der Waals surface area contributed by atoms with Crippen molar-refractivity contribution in [2.45, 2.75) is 38.6 Å². The van der Waals surface area contributed by atoms with Crippen LogP contribution in [0.3, 0.4) is 0 Å². The summed E-state index contributed by atoms with van der Waals surface area (Å²) in [5, 5.41) is 3.02. The van der Waals surface area contributed by atoms with E-state index in [1.54, 1.807) is 6.33 Å². The minimum atomic E-state index is 0.508. The molecule has 19 heavy (non-hydrogen) atoms. The van der Waals surface area contributed by atoms with Gasteiger partial charge < -0.3 is 15.2 Å². The lowest BCUT2D eigenvalue weighted by atomic mass is 10.1. The molecule has 6 heteroatoms. The van der Waals surface area contributed by atoms with Gasteiger partial charge in [-0.2, -0.15) is 9.97 Å². The number of rotatable bonds is 2. The third-order valence-corrected chi connectivity index (χ3v) is 3.82. The molecule has 1 saturated heterocycles. The van der Waals surface area contributed by atoms with Gasteiger partial charge >= 0.3 is 0 Å². The van der Waals surface area contributed by atoms with Crippen molar-refractivity contribution in [1.29, 1.82) is 0 Å². The normalized spacial score (nSPS) is 20.5. The van der Waals surface area contributed by atoms with Gasteiger partial charge in [0.15, 0.2) is 11.5 Å². The smallest absolute Gasteiger partial charge is 0.226 e. The molecule has 2 N–H and O–H groups in total. The lowest BCUT2D eigenvalue weighted by Gasteiger charge is -2.28. The molecule has 1 aliphatic rings. The van der Waals surface area contributed by atoms with Crippen LogP contribution in [0.1, 0.15) is 32.6 Å². The van der Waals surface area contributed by atoms with E-state index >= 15 is 0 Å². The van der Waals surface area contributed by atoms with Crippen LogP contribution in [0.25, 0.3) is 11.2 Å². The lowest BCUT2D eigenvalue weighted by molar-refractivity contribution is 0.612. The van der Waals surface area contributed by atoms with Gasteiger partial charge in [0.05, 0.1) is 6.33 Å². The molecule has 0 aliphatic carbocycles. The Morgan fingerprint density at radius 2 is 2.21 bits per heavy atom. The van der Waals surface area contributed by atoms with Crippen LogP contribution in [0.15, 0.2) is 6.33 Å². The van der Waals surface area contributed by atoms with Crippen LogP contribution >= 0.6 is 0 Å². The van der Waals surface area contributed by atoms with Gasteiger partial charge in [-0.15, -0.1) is 0 Å². The van der Waals surface area contributed by atoms with Crippen LogP contribution in [-0.4, -0.2) is 39.6 Å². The van der Waals surface area contributed by atoms with Crippen molar-refractivity contribution in [1.82, 2.24) is 19.9 Å². The summed E-state index contributed by atoms with van der Waals surface area (Å²) in [6.07, 6.45) is 6.73. The van der Waals surface area contributed by atoms with Gasteiger partial charge in [0.25, 0.3) is 0 Å². The van der Waals surface area contributed by atoms with Crippen LogP contribution in [-0.2, 0) is 0 Å². The Hall–Kier alpha value is -1.85. The monoisotopic (exact) mass is 260 g/mol. The summed E-state index contributed by atoms with van der Waals surface area (Å²) in [5.74, 6) is 1.60. The molecule has 1 aliphatic heterocycles. The van der Waals surface area contributed by atoms with Crippen molar-refractivity contribution >= 4 is 22.9 Å². The Balaban J connectivity index is 2.08. The van der Waals surface area contributed by atoms with E-state index in [9.17, 15) is 0 Å². The minimum Gasteiger partial charge on any atom is -0.357 e. The zero-order chi connectivity index (χ0) is 13.2. The number of hydrogen-bond donors (Lipinski definition) is 2. The highest BCUT2D eigenvalue weighted by atomic mass is 15.3. The molecule has 1 unspecified atom stereocenters. The molecule has 0 radical (unpaired) electrons. The first kappa shape index (κ1) is 12.2. The molecule has 3 heterocycles. The summed E-state index contributed by atoms with van der Waals surface area (Å²) in [4.78, 5) is 18.8. The second kappa shape index (κ2) is 5.03. The van der Waals surface area contributed by atoms with Gasteiger partial charge in [-0.25, -0.2) is 4.98 Å². The van der Waals surface area contributed by atoms with Gasteiger partial charge in [-0.1, -0.05) is 12.8 Å². The first-order chi connectivity index (χ1) is 9.29. The number of anilines is 2. The van der Waals surface area contributed by atoms with Gasteiger partial charge in [-0.3, -0.25) is 0 Å². The highest BCUT2D eigenvalue weighted by molar-refractivity contribution is 5.84. The molecule has 1 atom stereocenters. The largest absolute Gasteiger partial charge is 0.357 e. The average molecular weight is 260 g/mol. The Kier molecular flexibility index (Phi) is 3.23. The molecule has 0 amide bonds. The molecular formula is C13H20N6. The molecule has 102 valence electrons. The van der Waals surface area contributed by atoms with E-state index in [1.807, 2.05) is 7.05 Å². The Labute approximate surface area is 112 Å². The molecule has 1 fully saturated rings. The summed E-state index contributed by atoms with van der Waals surface area (Å²) in [6.45, 7) is 3.32. The van der Waals surface area contributed by atoms with E-state index in [0.717, 1.165) is 23.5 Å². The van der Waals surface area contributed by atoms with E-state index in [1.165, 1.54) is 25.7 Å². The predicted octanol–water partition coefficient (Wildman–Crippen LogP) is 2.16. The maximum absolute atomic E-state index is 4.64. The van der Waals surface area contributed by atoms with Crippen LogP contribution < -0.4 is 10.2 Å². The number of imidazole rings is 1. The van der Waals surface area contributed by atoms with E-state index in [2.05, 4.69) is 37.1 Å². The third kappa shape index (κ3) is 2.22. The maximum Gasteiger partial charge on any atom is 0.226 e. The van der Waals surface area contributed by atoms with Gasteiger partial charge in [-0.05, 0) is 19.8 Å². The minimum absolute atomic E-state index is 0.508. The maximum atomic E-state index is 4.64. The second-order valence-corrected chi connectivity index (χ2v) is 5.11. The summed E-state index contributed by atoms with van der Waals surface area (Å²) >= 11 is 0. The highest BCUT2D eigenvalue weighted by Gasteiger charge is 2.22. The topological polar surface area (TPSA) is 69.7 Å². The second-order valence-electron chi connectivity index (χ2n) is 5.11. The van der Waals surface area contributed by atoms with E-state index < -0.39 is 0 Å². The first-order valence-electron chi connectivity index (χ1n) is 6.95. The fourth-order valence-electron chi connectivity index (χ4n) is 2.73. The fraction of sp³-hybridized carbons (Fsp3) is 0.615. The molecule has 0 aromatic carbocycles. The van der Waals surface area contributed by atoms with Crippen LogP contribution in [0.4, 0.5) is 11.8 Å². The molecule has 2 aromatic rings. The van der Waals surface area contributed by atoms with Crippen molar-refractivity contribution in [3.8, 4) is 0 Å². The molecular weight excluding hydrogens is 240 g/mol. The molecule has 2 aromatic heterocycles. The summed E-state index contributed by atoms with van der Waals surface area (Å²) < 4.78 is 0. The molecule has 0 spiro atoms. The van der Waals surface area contributed by atoms with Gasteiger partial charge in [0.1, 0.15) is 5.52 Å². The lowest BCUT2D eigenvalue weighted by Crippen LogP contribution is -2.33. The van der Waals surface area contributed by atoms with Crippen molar-refractivity contribution in [3.63, 3.8) is 0 Å². The number of nitrogens with zero attached hydrogens (tertiary/aromatic N) is 4. The number of fused-ring (bicyclic) bond motifs is 1. The van der Waals surface area contributed by atoms with Crippen molar-refractivity contribution in [3.05, 3.63) is 6.33 Å². The number of H-pyrrole nitrogens is 1. The Morgan fingerprint density at radius 3 is 3.05 bits per heavy atom. The summed E-state index contributed by atoms with van der Waals surface area (Å²) in [5.41, 5.74) is 1.67. The summed E-state index contributed by atoms with van der Waals surface area (Å²) in [7, 11) is 1.84. The van der Waals surface area contributed by atoms with Crippen molar-refractivity contribution in [2.75, 3.05) is 23.8 Å². The molecule has 0 bridgehead atoms. The Morgan fingerprint density at radius 1 is 1.32 bits per heavy atom. The van der Waals surface area contributed by atoms with E-state index in [-0.39, 0.29) is 0 Å². The fourth-order valence-corrected chi connectivity index (χ4v) is 2.73. The number of hydrogen-bond acceptors (Lipinski definition) is 5. The van der Waals surface area contributed by atoms with Gasteiger partial charge in [0.2, 0.25) is 5.95 Å². The highest BCUT2D eigenvalue weighted by Crippen LogP contribution is 2.28. The van der Waals surface area contributed by atoms with Crippen LogP contribution in [0.5, 0.6) is 0 Å². The average Bonchev–Trinajstić information content (AvgIpc) is 2.80. The first-order valence-corrected chi connectivity index (χ1v) is 6.95. The summed E-state index contributed by atoms with van der Waals surface area (Å²) in [6, 6.07) is 0.508. The zero-order valence-corrected chi connectivity index (χ0v) is 11.5. The van der Waals surface area contributed by atoms with Crippen LogP contribution in [0, 0.1) is 0 Å². The molecule has 6 nitrogen and oxygen atoms in total. The van der Waals surface area contributed by atoms with E-state index in [0.29, 0.717) is 12.0 Å². The standard InChI is InChI=1S/C13H20N6/c1-9-6-4-3-5-7-19(9)12-10-11(16-8-15-10)17-13(14-2)18-12/h8-9H,3-7H2,1-2H3,(H2,14,15,16,17,18). The quantitative estimate of drug-likeness (QED) is 0.866. The predicted molar refractivity (Wildman–Crippen MR) is 76.5 cm³/mol. The number of aromatic amines is 1. The Bertz CT molecular complexity index is 563. The van der Waals surface area contributed by atoms with Gasteiger partial charge in [0, 0.05) is 19.6 Å². The van der Waals surface area contributed by atoms with E-state index in [4.69, 9.17) is 0 Å². The van der Waals surface area contributed by atoms with Crippen LogP contribution in [0.2, 0.25) is 0 Å². The SMILES string of the molecule is CNc1nc(N2CCCCCC2C)c2[nH]cnc2n1. The zero-order valence-electron chi connectivity index (χ0n) is 11.5. The van der Waals surface area contributed by atoms with Crippen molar-refractivity contribution in [2.24, 2.45) is 0 Å². The third-order valence-electron chi connectivity index (χ3n) is 3.82. The number of aromatic nitrogens is 4. The number of nitrogens with one attached hydrogen (secondary N) is 2. The molecule has 3 rings (SSSR count). The van der Waals surface area contributed by atoms with Crippen molar-refractivity contribution < 1.29 is 0 Å². The molecule has 0 saturated carbocycles.